The van der Waals surface area contributed by atoms with Crippen molar-refractivity contribution in [2.24, 2.45) is 5.92 Å². The SMILES string of the molecule is CC(=O)NC1C(O)CC(OC(CO)C(O)C2OC(OC(CO)C(O)C3OC(O)(OCO)CC(O)C3NC(C)=O)(C(=O)O)CC(O)C2NC(C)=O)(C(=O)O)CC1CNOC(=O)CI. The Labute approximate surface area is 366 Å². The van der Waals surface area contributed by atoms with Gasteiger partial charge in [-0.2, -0.15) is 5.48 Å². The summed E-state index contributed by atoms with van der Waals surface area (Å²) in [5.41, 5.74) is -0.182. The van der Waals surface area contributed by atoms with Gasteiger partial charge in [0.05, 0.1) is 60.5 Å². The van der Waals surface area contributed by atoms with Gasteiger partial charge in [0, 0.05) is 46.1 Å². The van der Waals surface area contributed by atoms with Crippen molar-refractivity contribution in [3.63, 3.8) is 0 Å². The van der Waals surface area contributed by atoms with E-state index in [4.69, 9.17) is 28.5 Å². The molecule has 28 heteroatoms. The van der Waals surface area contributed by atoms with Crippen LogP contribution in [-0.2, 0) is 57.3 Å². The first-order chi connectivity index (χ1) is 28.9. The van der Waals surface area contributed by atoms with Crippen LogP contribution in [0.3, 0.4) is 0 Å². The topological polar surface area (TPSA) is 428 Å². The lowest BCUT2D eigenvalue weighted by molar-refractivity contribution is -0.426. The van der Waals surface area contributed by atoms with Crippen molar-refractivity contribution in [3.8, 4) is 0 Å². The standard InChI is InChI=1S/C34H55IN4O23/c1-13(43)37-23-16(9-36-62-22(49)8-35)4-32(30(52)53,5-17(23)46)58-20(10-40)26(50)28-24(38-14(2)44)18(47)6-33(60-28,31(54)55)59-21(11-41)27(51)29-25(39-15(3)45)19(48)7-34(56,61-29)57-12-42/h16-21,23-29,36,40-42,46-48,50-51,56H,4-12H2,1-3H3,(H,37,43)(H,38,44)(H,39,45)(H,52,53)(H,54,55). The molecule has 0 spiro atoms. The van der Waals surface area contributed by atoms with Crippen LogP contribution >= 0.6 is 22.6 Å². The molecule has 3 rings (SSSR count). The average molecular weight is 1010 g/mol. The fourth-order valence-corrected chi connectivity index (χ4v) is 7.94. The maximum absolute atomic E-state index is 13.1. The van der Waals surface area contributed by atoms with Gasteiger partial charge < -0.3 is 101 Å². The van der Waals surface area contributed by atoms with Crippen molar-refractivity contribution in [1.29, 1.82) is 0 Å². The molecule has 0 aromatic carbocycles. The second kappa shape index (κ2) is 22.7. The monoisotopic (exact) mass is 1010 g/mol. The predicted molar refractivity (Wildman–Crippen MR) is 205 cm³/mol. The van der Waals surface area contributed by atoms with Crippen molar-refractivity contribution < 1.29 is 113 Å². The van der Waals surface area contributed by atoms with E-state index in [0.29, 0.717) is 0 Å². The number of aliphatic hydroxyl groups is 9. The van der Waals surface area contributed by atoms with Gasteiger partial charge in [-0.25, -0.2) is 14.4 Å². The van der Waals surface area contributed by atoms with E-state index < -0.39 is 178 Å². The zero-order valence-corrected chi connectivity index (χ0v) is 35.7. The molecule has 3 amide bonds. The summed E-state index contributed by atoms with van der Waals surface area (Å²) in [6.45, 7) is -1.03. The average Bonchev–Trinajstić information content (AvgIpc) is 3.18. The van der Waals surface area contributed by atoms with Crippen molar-refractivity contribution in [2.45, 2.75) is 137 Å². The molecule has 16 unspecified atom stereocenters. The zero-order valence-electron chi connectivity index (χ0n) is 33.6. The maximum Gasteiger partial charge on any atom is 0.364 e. The van der Waals surface area contributed by atoms with Crippen LogP contribution in [0.1, 0.15) is 46.5 Å². The van der Waals surface area contributed by atoms with E-state index in [2.05, 4.69) is 21.4 Å². The molecule has 16 atom stereocenters. The van der Waals surface area contributed by atoms with E-state index in [-0.39, 0.29) is 11.0 Å². The Balaban J connectivity index is 2.04. The highest BCUT2D eigenvalue weighted by atomic mass is 127. The van der Waals surface area contributed by atoms with Gasteiger partial charge in [0.15, 0.2) is 5.60 Å². The third-order valence-corrected chi connectivity index (χ3v) is 11.1. The summed E-state index contributed by atoms with van der Waals surface area (Å²) in [5.74, 6) is -14.0. The lowest BCUT2D eigenvalue weighted by atomic mass is 9.72. The van der Waals surface area contributed by atoms with E-state index in [1.165, 1.54) is 0 Å². The molecule has 2 saturated heterocycles. The Morgan fingerprint density at radius 2 is 1.19 bits per heavy atom. The van der Waals surface area contributed by atoms with E-state index in [9.17, 15) is 84.9 Å². The molecule has 0 aromatic rings. The lowest BCUT2D eigenvalue weighted by Gasteiger charge is -2.50. The van der Waals surface area contributed by atoms with Crippen LogP contribution in [0.15, 0.2) is 0 Å². The molecule has 62 heavy (non-hydrogen) atoms. The molecule has 0 aromatic heterocycles. The van der Waals surface area contributed by atoms with E-state index in [0.717, 1.165) is 20.8 Å². The lowest BCUT2D eigenvalue weighted by Crippen LogP contribution is -2.70. The molecule has 0 bridgehead atoms. The van der Waals surface area contributed by atoms with Gasteiger partial charge in [-0.1, -0.05) is 22.6 Å². The number of nitrogens with one attached hydrogen (secondary N) is 4. The summed E-state index contributed by atoms with van der Waals surface area (Å²) in [4.78, 5) is 79.1. The second-order valence-corrected chi connectivity index (χ2v) is 15.8. The van der Waals surface area contributed by atoms with Crippen molar-refractivity contribution in [1.82, 2.24) is 21.4 Å². The van der Waals surface area contributed by atoms with Crippen LogP contribution in [0.5, 0.6) is 0 Å². The number of hydrogen-bond acceptors (Lipinski definition) is 22. The number of amides is 3. The summed E-state index contributed by atoms with van der Waals surface area (Å²) in [7, 11) is 0. The first-order valence-electron chi connectivity index (χ1n) is 19.0. The molecule has 15 N–H and O–H groups in total. The Kier molecular flexibility index (Phi) is 19.5. The fraction of sp³-hybridized carbons (Fsp3) is 0.824. The van der Waals surface area contributed by atoms with E-state index in [1.807, 2.05) is 0 Å². The quantitative estimate of drug-likeness (QED) is 0.0220. The first-order valence-corrected chi connectivity index (χ1v) is 20.5. The highest BCUT2D eigenvalue weighted by Crippen LogP contribution is 2.41. The number of aliphatic hydroxyl groups excluding tert-OH is 8. The van der Waals surface area contributed by atoms with Crippen LogP contribution in [0.2, 0.25) is 0 Å². The Bertz CT molecular complexity index is 1580. The van der Waals surface area contributed by atoms with Crippen molar-refractivity contribution >= 4 is 58.2 Å². The number of hydroxylamine groups is 1. The molecule has 0 radical (unpaired) electrons. The van der Waals surface area contributed by atoms with Gasteiger partial charge in [-0.05, 0) is 6.42 Å². The third kappa shape index (κ3) is 13.0. The van der Waals surface area contributed by atoms with Crippen molar-refractivity contribution in [2.75, 3.05) is 31.0 Å². The van der Waals surface area contributed by atoms with Gasteiger partial charge in [0.2, 0.25) is 17.7 Å². The summed E-state index contributed by atoms with van der Waals surface area (Å²) in [5, 5.41) is 126. The molecule has 27 nitrogen and oxygen atoms in total. The fourth-order valence-electron chi connectivity index (χ4n) is 7.78. The summed E-state index contributed by atoms with van der Waals surface area (Å²) in [6, 6.07) is -4.55. The second-order valence-electron chi connectivity index (χ2n) is 15.1. The van der Waals surface area contributed by atoms with Crippen LogP contribution < -0.4 is 21.4 Å². The normalized spacial score (nSPS) is 35.7. The molecule has 3 aliphatic rings. The van der Waals surface area contributed by atoms with E-state index >= 15 is 0 Å². The van der Waals surface area contributed by atoms with Gasteiger partial charge >= 0.3 is 17.9 Å². The molecule has 2 aliphatic heterocycles. The highest BCUT2D eigenvalue weighted by molar-refractivity contribution is 14.1. The van der Waals surface area contributed by atoms with Crippen LogP contribution in [-0.4, -0.2) is 213 Å². The molecule has 1 aliphatic carbocycles. The van der Waals surface area contributed by atoms with Crippen LogP contribution in [0.4, 0.5) is 0 Å². The van der Waals surface area contributed by atoms with Gasteiger partial charge in [-0.15, -0.1) is 0 Å². The smallest absolute Gasteiger partial charge is 0.364 e. The van der Waals surface area contributed by atoms with Gasteiger partial charge in [0.1, 0.15) is 43.4 Å². The zero-order chi connectivity index (χ0) is 46.9. The molecular formula is C34H55IN4O23. The number of hydrogen-bond donors (Lipinski definition) is 15. The number of rotatable bonds is 21. The van der Waals surface area contributed by atoms with Gasteiger partial charge in [-0.3, -0.25) is 14.4 Å². The number of carboxylic acid groups (broad SMARTS) is 2. The Morgan fingerprint density at radius 3 is 1.66 bits per heavy atom. The number of carbonyl (C=O) groups excluding carboxylic acids is 4. The predicted octanol–water partition coefficient (Wildman–Crippen LogP) is -7.25. The number of carbonyl (C=O) groups is 6. The largest absolute Gasteiger partial charge is 0.479 e. The Morgan fingerprint density at radius 1 is 0.710 bits per heavy atom. The first kappa shape index (κ1) is 53.3. The number of ether oxygens (including phenoxy) is 5. The minimum atomic E-state index is -3.23. The summed E-state index contributed by atoms with van der Waals surface area (Å²) in [6.07, 6.45) is -22.2. The van der Waals surface area contributed by atoms with Crippen LogP contribution in [0.25, 0.3) is 0 Å². The molecular weight excluding hydrogens is 959 g/mol. The van der Waals surface area contributed by atoms with Crippen LogP contribution in [0, 0.1) is 5.92 Å². The Hall–Kier alpha value is -3.05. The summed E-state index contributed by atoms with van der Waals surface area (Å²) >= 11 is 1.72. The molecule has 2 heterocycles. The molecule has 3 fully saturated rings. The summed E-state index contributed by atoms with van der Waals surface area (Å²) < 4.78 is 27.3. The minimum absolute atomic E-state index is 0.0817. The van der Waals surface area contributed by atoms with Gasteiger partial charge in [0.25, 0.3) is 11.8 Å². The molecule has 356 valence electrons. The minimum Gasteiger partial charge on any atom is -0.479 e. The van der Waals surface area contributed by atoms with E-state index in [1.54, 1.807) is 22.6 Å². The number of alkyl halides is 1. The maximum atomic E-state index is 13.1. The van der Waals surface area contributed by atoms with Crippen molar-refractivity contribution in [3.05, 3.63) is 0 Å². The number of halogens is 1. The number of aliphatic carboxylic acids is 2. The third-order valence-electron chi connectivity index (χ3n) is 10.5. The molecule has 1 saturated carbocycles. The highest BCUT2D eigenvalue weighted by Gasteiger charge is 2.60. The number of carboxylic acids is 2.